The van der Waals surface area contributed by atoms with Gasteiger partial charge in [0, 0.05) is 6.04 Å². The minimum absolute atomic E-state index is 0.112. The Bertz CT molecular complexity index is 620. The minimum atomic E-state index is -0.696. The van der Waals surface area contributed by atoms with Gasteiger partial charge in [0.1, 0.15) is 0 Å². The summed E-state index contributed by atoms with van der Waals surface area (Å²) in [6.07, 6.45) is 4.76. The van der Waals surface area contributed by atoms with Crippen LogP contribution in [0.3, 0.4) is 0 Å². The lowest BCUT2D eigenvalue weighted by Crippen LogP contribution is -2.42. The van der Waals surface area contributed by atoms with Crippen LogP contribution >= 0.6 is 0 Å². The molecule has 116 valence electrons. The third kappa shape index (κ3) is 2.51. The molecule has 1 aliphatic carbocycles. The zero-order valence-electron chi connectivity index (χ0n) is 12.7. The topological polar surface area (TPSA) is 57.7 Å². The van der Waals surface area contributed by atoms with Crippen molar-refractivity contribution < 1.29 is 14.4 Å². The van der Waals surface area contributed by atoms with Crippen LogP contribution in [0.25, 0.3) is 0 Å². The van der Waals surface area contributed by atoms with E-state index in [4.69, 9.17) is 0 Å². The van der Waals surface area contributed by atoms with E-state index in [1.165, 1.54) is 4.90 Å². The van der Waals surface area contributed by atoms with Gasteiger partial charge < -0.3 is 0 Å². The van der Waals surface area contributed by atoms with Gasteiger partial charge in [0.15, 0.2) is 0 Å². The van der Waals surface area contributed by atoms with Gasteiger partial charge in [-0.25, -0.2) is 4.79 Å². The van der Waals surface area contributed by atoms with Crippen molar-refractivity contribution in [3.63, 3.8) is 0 Å². The van der Waals surface area contributed by atoms with Crippen LogP contribution in [0, 0.1) is 6.92 Å². The number of nitrogens with zero attached hydrogens (tertiary/aromatic N) is 2. The van der Waals surface area contributed by atoms with E-state index < -0.39 is 17.8 Å². The second-order valence-corrected chi connectivity index (χ2v) is 6.07. The number of amides is 4. The van der Waals surface area contributed by atoms with Crippen LogP contribution in [-0.4, -0.2) is 33.7 Å². The van der Waals surface area contributed by atoms with Crippen molar-refractivity contribution in [2.24, 2.45) is 0 Å². The number of urea groups is 1. The van der Waals surface area contributed by atoms with Crippen molar-refractivity contribution in [1.82, 2.24) is 9.80 Å². The number of hydrogen-bond donors (Lipinski definition) is 0. The summed E-state index contributed by atoms with van der Waals surface area (Å²) in [6.45, 7) is 2.10. The van der Waals surface area contributed by atoms with Crippen molar-refractivity contribution in [1.29, 1.82) is 0 Å². The number of rotatable bonds is 3. The van der Waals surface area contributed by atoms with Crippen LogP contribution in [0.15, 0.2) is 24.3 Å². The van der Waals surface area contributed by atoms with Gasteiger partial charge in [0.25, 0.3) is 0 Å². The highest BCUT2D eigenvalue weighted by atomic mass is 16.2. The van der Waals surface area contributed by atoms with Gasteiger partial charge >= 0.3 is 17.8 Å². The molecule has 2 fully saturated rings. The maximum Gasteiger partial charge on any atom is 0.334 e. The summed E-state index contributed by atoms with van der Waals surface area (Å²) in [5.41, 5.74) is 1.90. The van der Waals surface area contributed by atoms with Gasteiger partial charge in [0.2, 0.25) is 0 Å². The van der Waals surface area contributed by atoms with Gasteiger partial charge in [-0.1, -0.05) is 43.5 Å². The lowest BCUT2D eigenvalue weighted by atomic mass is 9.94. The van der Waals surface area contributed by atoms with E-state index in [1.54, 1.807) is 0 Å². The molecule has 0 spiro atoms. The van der Waals surface area contributed by atoms with Crippen molar-refractivity contribution in [3.05, 3.63) is 35.4 Å². The molecular formula is C17H20N2O3. The second-order valence-electron chi connectivity index (χ2n) is 6.07. The van der Waals surface area contributed by atoms with E-state index in [0.29, 0.717) is 0 Å². The van der Waals surface area contributed by atoms with Crippen molar-refractivity contribution >= 4 is 17.8 Å². The molecule has 0 atom stereocenters. The molecule has 5 nitrogen and oxygen atoms in total. The van der Waals surface area contributed by atoms with Crippen molar-refractivity contribution in [3.8, 4) is 0 Å². The smallest absolute Gasteiger partial charge is 0.263 e. The summed E-state index contributed by atoms with van der Waals surface area (Å²) < 4.78 is 0. The first-order valence-electron chi connectivity index (χ1n) is 7.83. The Kier molecular flexibility index (Phi) is 3.96. The highest BCUT2D eigenvalue weighted by Gasteiger charge is 2.47. The Morgan fingerprint density at radius 2 is 1.68 bits per heavy atom. The molecule has 0 aromatic heterocycles. The average Bonchev–Trinajstić information content (AvgIpc) is 2.74. The number of aryl methyl sites for hydroxylation is 1. The van der Waals surface area contributed by atoms with Gasteiger partial charge in [-0.05, 0) is 30.9 Å². The average molecular weight is 300 g/mol. The van der Waals surface area contributed by atoms with Crippen LogP contribution in [0.5, 0.6) is 0 Å². The SMILES string of the molecule is Cc1ccccc1CN1C(=O)C(=O)N(C2CCCCC2)C1=O. The number of hydrogen-bond acceptors (Lipinski definition) is 3. The van der Waals surface area contributed by atoms with Gasteiger partial charge in [-0.2, -0.15) is 0 Å². The number of benzene rings is 1. The van der Waals surface area contributed by atoms with Gasteiger partial charge in [-0.3, -0.25) is 19.4 Å². The summed E-state index contributed by atoms with van der Waals surface area (Å²) in [6, 6.07) is 7.02. The quantitative estimate of drug-likeness (QED) is 0.637. The molecule has 1 aliphatic heterocycles. The van der Waals surface area contributed by atoms with E-state index in [2.05, 4.69) is 0 Å². The van der Waals surface area contributed by atoms with Gasteiger partial charge in [0.05, 0.1) is 6.54 Å². The van der Waals surface area contributed by atoms with Crippen LogP contribution in [-0.2, 0) is 16.1 Å². The van der Waals surface area contributed by atoms with E-state index >= 15 is 0 Å². The number of imide groups is 2. The predicted molar refractivity (Wildman–Crippen MR) is 80.8 cm³/mol. The minimum Gasteiger partial charge on any atom is -0.263 e. The molecule has 0 radical (unpaired) electrons. The summed E-state index contributed by atoms with van der Waals surface area (Å²) in [5, 5.41) is 0. The summed E-state index contributed by atoms with van der Waals surface area (Å²) in [5.74, 6) is -1.36. The molecule has 1 heterocycles. The Morgan fingerprint density at radius 3 is 2.36 bits per heavy atom. The van der Waals surface area contributed by atoms with E-state index in [9.17, 15) is 14.4 Å². The first-order chi connectivity index (χ1) is 10.6. The second kappa shape index (κ2) is 5.91. The third-order valence-corrected chi connectivity index (χ3v) is 4.61. The summed E-state index contributed by atoms with van der Waals surface area (Å²) >= 11 is 0. The zero-order chi connectivity index (χ0) is 15.7. The Hall–Kier alpha value is -2.17. The van der Waals surface area contributed by atoms with Crippen molar-refractivity contribution in [2.45, 2.75) is 51.6 Å². The maximum atomic E-state index is 12.6. The highest BCUT2D eigenvalue weighted by Crippen LogP contribution is 2.27. The summed E-state index contributed by atoms with van der Waals surface area (Å²) in [4.78, 5) is 39.2. The van der Waals surface area contributed by atoms with E-state index in [0.717, 1.165) is 48.1 Å². The Balaban J connectivity index is 1.81. The Morgan fingerprint density at radius 1 is 1.00 bits per heavy atom. The molecule has 1 aromatic rings. The Labute approximate surface area is 129 Å². The largest absolute Gasteiger partial charge is 0.334 e. The zero-order valence-corrected chi connectivity index (χ0v) is 12.7. The molecule has 0 unspecified atom stereocenters. The first-order valence-corrected chi connectivity index (χ1v) is 7.83. The predicted octanol–water partition coefficient (Wildman–Crippen LogP) is 2.62. The van der Waals surface area contributed by atoms with E-state index in [-0.39, 0.29) is 12.6 Å². The molecule has 5 heteroatoms. The molecular weight excluding hydrogens is 280 g/mol. The van der Waals surface area contributed by atoms with Crippen LogP contribution in [0.2, 0.25) is 0 Å². The number of carbonyl (C=O) groups is 3. The molecule has 3 rings (SSSR count). The fourth-order valence-corrected chi connectivity index (χ4v) is 3.28. The molecule has 22 heavy (non-hydrogen) atoms. The maximum absolute atomic E-state index is 12.6. The third-order valence-electron chi connectivity index (χ3n) is 4.61. The lowest BCUT2D eigenvalue weighted by Gasteiger charge is -2.28. The highest BCUT2D eigenvalue weighted by molar-refractivity contribution is 6.44. The normalized spacial score (nSPS) is 20.1. The number of carbonyl (C=O) groups excluding carboxylic acids is 3. The van der Waals surface area contributed by atoms with Crippen molar-refractivity contribution in [2.75, 3.05) is 0 Å². The van der Waals surface area contributed by atoms with E-state index in [1.807, 2.05) is 31.2 Å². The fourth-order valence-electron chi connectivity index (χ4n) is 3.28. The molecule has 1 aromatic carbocycles. The molecule has 0 N–H and O–H groups in total. The first kappa shape index (κ1) is 14.8. The van der Waals surface area contributed by atoms with Crippen LogP contribution in [0.1, 0.15) is 43.2 Å². The standard InChI is InChI=1S/C17H20N2O3/c1-12-7-5-6-8-13(12)11-18-15(20)16(21)19(17(18)22)14-9-3-2-4-10-14/h5-8,14H,2-4,9-11H2,1H3. The molecule has 1 saturated carbocycles. The summed E-state index contributed by atoms with van der Waals surface area (Å²) in [7, 11) is 0. The molecule has 4 amide bonds. The molecule has 2 aliphatic rings. The van der Waals surface area contributed by atoms with Gasteiger partial charge in [-0.15, -0.1) is 0 Å². The molecule has 0 bridgehead atoms. The van der Waals surface area contributed by atoms with Crippen LogP contribution < -0.4 is 0 Å². The monoisotopic (exact) mass is 300 g/mol. The fraction of sp³-hybridized carbons (Fsp3) is 0.471. The molecule has 1 saturated heterocycles. The van der Waals surface area contributed by atoms with Crippen LogP contribution in [0.4, 0.5) is 4.79 Å². The lowest BCUT2D eigenvalue weighted by molar-refractivity contribution is -0.144.